The quantitative estimate of drug-likeness (QED) is 0.514. The molecule has 3 heterocycles. The molecule has 0 saturated carbocycles. The number of rotatable bonds is 7. The van der Waals surface area contributed by atoms with Gasteiger partial charge in [0.15, 0.2) is 5.11 Å². The highest BCUT2D eigenvalue weighted by Gasteiger charge is 2.24. The molecule has 0 radical (unpaired) electrons. The summed E-state index contributed by atoms with van der Waals surface area (Å²) < 4.78 is 5.09. The Kier molecular flexibility index (Phi) is 8.29. The van der Waals surface area contributed by atoms with Gasteiger partial charge in [-0.15, -0.1) is 0 Å². The predicted octanol–water partition coefficient (Wildman–Crippen LogP) is 3.41. The topological polar surface area (TPSA) is 65.6 Å². The first-order chi connectivity index (χ1) is 14.1. The number of hydrogen-bond donors (Lipinski definition) is 2. The number of ether oxygens (including phenoxy) is 1. The summed E-state index contributed by atoms with van der Waals surface area (Å²) in [5.41, 5.74) is 0. The van der Waals surface area contributed by atoms with Gasteiger partial charge >= 0.3 is 0 Å². The molecule has 162 valence electrons. The fourth-order valence-electron chi connectivity index (χ4n) is 4.19. The molecule has 1 aromatic rings. The Balaban J connectivity index is 1.77. The van der Waals surface area contributed by atoms with Crippen molar-refractivity contribution < 1.29 is 4.74 Å². The van der Waals surface area contributed by atoms with Crippen LogP contribution < -0.4 is 20.4 Å². The van der Waals surface area contributed by atoms with Crippen LogP contribution in [0.2, 0.25) is 0 Å². The zero-order valence-corrected chi connectivity index (χ0v) is 18.9. The molecule has 8 heteroatoms. The van der Waals surface area contributed by atoms with Crippen LogP contribution in [0.3, 0.4) is 0 Å². The zero-order chi connectivity index (χ0) is 20.6. The standard InChI is InChI=1S/C21H36N6OS/c1-16-8-6-11-26(15-16)18-14-19(27-12-5-4-9-17(27)2)24-20(23-18)25-21(29)22-10-7-13-28-3/h14,16-17H,4-13,15H2,1-3H3,(H2,22,23,24,25,29)/t16-,17+/m1/s1. The third-order valence-electron chi connectivity index (χ3n) is 5.81. The summed E-state index contributed by atoms with van der Waals surface area (Å²) in [6.45, 7) is 9.23. The molecular weight excluding hydrogens is 384 g/mol. The molecule has 29 heavy (non-hydrogen) atoms. The van der Waals surface area contributed by atoms with Gasteiger partial charge in [0.1, 0.15) is 11.6 Å². The molecule has 7 nitrogen and oxygen atoms in total. The lowest BCUT2D eigenvalue weighted by Crippen LogP contribution is -2.39. The van der Waals surface area contributed by atoms with Crippen molar-refractivity contribution in [2.75, 3.05) is 55.0 Å². The van der Waals surface area contributed by atoms with E-state index in [9.17, 15) is 0 Å². The summed E-state index contributed by atoms with van der Waals surface area (Å²) >= 11 is 5.46. The first-order valence-corrected chi connectivity index (χ1v) is 11.4. The van der Waals surface area contributed by atoms with Crippen molar-refractivity contribution in [3.63, 3.8) is 0 Å². The van der Waals surface area contributed by atoms with Crippen LogP contribution in [0, 0.1) is 5.92 Å². The highest BCUT2D eigenvalue weighted by molar-refractivity contribution is 7.80. The number of hydrogen-bond acceptors (Lipinski definition) is 6. The predicted molar refractivity (Wildman–Crippen MR) is 124 cm³/mol. The van der Waals surface area contributed by atoms with E-state index in [1.165, 1.54) is 32.1 Å². The normalized spacial score (nSPS) is 22.4. The van der Waals surface area contributed by atoms with E-state index < -0.39 is 0 Å². The van der Waals surface area contributed by atoms with Crippen molar-refractivity contribution in [1.82, 2.24) is 15.3 Å². The molecule has 2 aliphatic rings. The van der Waals surface area contributed by atoms with E-state index in [-0.39, 0.29) is 0 Å². The molecule has 1 aromatic heterocycles. The van der Waals surface area contributed by atoms with Gasteiger partial charge in [-0.25, -0.2) is 0 Å². The van der Waals surface area contributed by atoms with Gasteiger partial charge in [-0.1, -0.05) is 6.92 Å². The van der Waals surface area contributed by atoms with Crippen LogP contribution in [0.15, 0.2) is 6.07 Å². The first kappa shape index (κ1) is 22.0. The van der Waals surface area contributed by atoms with Gasteiger partial charge in [0.25, 0.3) is 0 Å². The summed E-state index contributed by atoms with van der Waals surface area (Å²) in [5.74, 6) is 3.28. The molecule has 0 amide bonds. The number of aromatic nitrogens is 2. The second-order valence-electron chi connectivity index (χ2n) is 8.37. The van der Waals surface area contributed by atoms with Gasteiger partial charge in [-0.05, 0) is 63.6 Å². The van der Waals surface area contributed by atoms with Crippen molar-refractivity contribution in [3.05, 3.63) is 6.07 Å². The Bertz CT molecular complexity index is 673. The van der Waals surface area contributed by atoms with Gasteiger partial charge in [0.2, 0.25) is 5.95 Å². The second kappa shape index (κ2) is 10.9. The molecule has 2 aliphatic heterocycles. The lowest BCUT2D eigenvalue weighted by molar-refractivity contribution is 0.196. The molecule has 0 aliphatic carbocycles. The lowest BCUT2D eigenvalue weighted by Gasteiger charge is -2.36. The Morgan fingerprint density at radius 1 is 1.17 bits per heavy atom. The number of nitrogens with one attached hydrogen (secondary N) is 2. The van der Waals surface area contributed by atoms with E-state index in [4.69, 9.17) is 26.9 Å². The lowest BCUT2D eigenvalue weighted by atomic mass is 10.0. The van der Waals surface area contributed by atoms with E-state index in [2.05, 4.69) is 40.3 Å². The van der Waals surface area contributed by atoms with Crippen molar-refractivity contribution in [2.24, 2.45) is 5.92 Å². The average Bonchev–Trinajstić information content (AvgIpc) is 2.71. The smallest absolute Gasteiger partial charge is 0.232 e. The minimum Gasteiger partial charge on any atom is -0.385 e. The van der Waals surface area contributed by atoms with Crippen LogP contribution in [0.4, 0.5) is 17.6 Å². The van der Waals surface area contributed by atoms with E-state index in [0.717, 1.165) is 44.2 Å². The Labute approximate surface area is 180 Å². The van der Waals surface area contributed by atoms with Crippen LogP contribution in [0.1, 0.15) is 52.4 Å². The summed E-state index contributed by atoms with van der Waals surface area (Å²) in [6.07, 6.45) is 7.12. The van der Waals surface area contributed by atoms with E-state index >= 15 is 0 Å². The highest BCUT2D eigenvalue weighted by atomic mass is 32.1. The average molecular weight is 421 g/mol. The highest BCUT2D eigenvalue weighted by Crippen LogP contribution is 2.29. The number of methoxy groups -OCH3 is 1. The molecule has 0 aromatic carbocycles. The molecule has 0 spiro atoms. The molecule has 0 bridgehead atoms. The van der Waals surface area contributed by atoms with Crippen LogP contribution in [-0.2, 0) is 4.74 Å². The van der Waals surface area contributed by atoms with E-state index in [0.29, 0.717) is 29.6 Å². The molecular formula is C21H36N6OS. The SMILES string of the molecule is COCCCNC(=S)Nc1nc(N2CCC[C@@H](C)C2)cc(N2CCCC[C@@H]2C)n1. The second-order valence-corrected chi connectivity index (χ2v) is 8.78. The third kappa shape index (κ3) is 6.40. The molecule has 2 atom stereocenters. The minimum absolute atomic E-state index is 0.499. The maximum absolute atomic E-state index is 5.46. The van der Waals surface area contributed by atoms with Gasteiger partial charge in [-0.3, -0.25) is 0 Å². The summed E-state index contributed by atoms with van der Waals surface area (Å²) in [7, 11) is 1.71. The van der Waals surface area contributed by atoms with Gasteiger partial charge < -0.3 is 25.2 Å². The Morgan fingerprint density at radius 2 is 2.00 bits per heavy atom. The molecule has 3 rings (SSSR count). The maximum atomic E-state index is 5.46. The largest absolute Gasteiger partial charge is 0.385 e. The van der Waals surface area contributed by atoms with Gasteiger partial charge in [0.05, 0.1) is 0 Å². The number of piperidine rings is 2. The Hall–Kier alpha value is -1.67. The summed E-state index contributed by atoms with van der Waals surface area (Å²) in [6, 6.07) is 2.67. The van der Waals surface area contributed by atoms with Crippen LogP contribution in [-0.4, -0.2) is 61.0 Å². The minimum atomic E-state index is 0.499. The van der Waals surface area contributed by atoms with Crippen LogP contribution >= 0.6 is 12.2 Å². The zero-order valence-electron chi connectivity index (χ0n) is 18.1. The van der Waals surface area contributed by atoms with E-state index in [1.807, 2.05) is 0 Å². The molecule has 2 fully saturated rings. The fourth-order valence-corrected chi connectivity index (χ4v) is 4.38. The van der Waals surface area contributed by atoms with Crippen LogP contribution in [0.5, 0.6) is 0 Å². The third-order valence-corrected chi connectivity index (χ3v) is 6.06. The molecule has 2 saturated heterocycles. The number of anilines is 3. The van der Waals surface area contributed by atoms with Crippen molar-refractivity contribution in [3.8, 4) is 0 Å². The van der Waals surface area contributed by atoms with Crippen molar-refractivity contribution in [1.29, 1.82) is 0 Å². The maximum Gasteiger partial charge on any atom is 0.232 e. The van der Waals surface area contributed by atoms with E-state index in [1.54, 1.807) is 7.11 Å². The fraction of sp³-hybridized carbons (Fsp3) is 0.762. The number of thiocarbonyl (C=S) groups is 1. The summed E-state index contributed by atoms with van der Waals surface area (Å²) in [5, 5.41) is 6.98. The molecule has 2 N–H and O–H groups in total. The van der Waals surface area contributed by atoms with Crippen LogP contribution in [0.25, 0.3) is 0 Å². The van der Waals surface area contributed by atoms with Crippen molar-refractivity contribution in [2.45, 2.75) is 58.4 Å². The Morgan fingerprint density at radius 3 is 2.76 bits per heavy atom. The number of nitrogens with zero attached hydrogens (tertiary/aromatic N) is 4. The molecule has 0 unspecified atom stereocenters. The monoisotopic (exact) mass is 420 g/mol. The van der Waals surface area contributed by atoms with Crippen molar-refractivity contribution >= 4 is 34.9 Å². The van der Waals surface area contributed by atoms with Gasteiger partial charge in [0, 0.05) is 52.0 Å². The summed E-state index contributed by atoms with van der Waals surface area (Å²) in [4.78, 5) is 14.5. The first-order valence-electron chi connectivity index (χ1n) is 11.0. The van der Waals surface area contributed by atoms with Gasteiger partial charge in [-0.2, -0.15) is 9.97 Å².